The number of ether oxygens (including phenoxy) is 2. The summed E-state index contributed by atoms with van der Waals surface area (Å²) >= 11 is 4.26. The van der Waals surface area contributed by atoms with Gasteiger partial charge in [-0.15, -0.1) is 0 Å². The van der Waals surface area contributed by atoms with Crippen LogP contribution >= 0.6 is 12.6 Å². The van der Waals surface area contributed by atoms with E-state index in [-0.39, 0.29) is 18.5 Å². The van der Waals surface area contributed by atoms with E-state index < -0.39 is 6.10 Å². The van der Waals surface area contributed by atoms with Gasteiger partial charge >= 0.3 is 11.9 Å². The summed E-state index contributed by atoms with van der Waals surface area (Å²) in [4.78, 5) is 24.1. The van der Waals surface area contributed by atoms with Crippen LogP contribution in [0.3, 0.4) is 0 Å². The predicted octanol–water partition coefficient (Wildman–Crippen LogP) is 10.6. The number of hydrogen-bond acceptors (Lipinski definition) is 5. The Morgan fingerprint density at radius 2 is 0.816 bits per heavy atom. The van der Waals surface area contributed by atoms with Gasteiger partial charge in [-0.2, -0.15) is 12.6 Å². The Morgan fingerprint density at radius 3 is 1.16 bits per heavy atom. The van der Waals surface area contributed by atoms with Crippen molar-refractivity contribution >= 4 is 24.6 Å². The SMILES string of the molecule is CCCCCCCCCCCCCCCCCC(=O)O[C@@H](CS)COC(=O)CCCCCCCCCCC. The molecule has 0 saturated carbocycles. The van der Waals surface area contributed by atoms with E-state index in [1.54, 1.807) is 0 Å². The first-order chi connectivity index (χ1) is 18.6. The van der Waals surface area contributed by atoms with Crippen molar-refractivity contribution in [3.05, 3.63) is 0 Å². The van der Waals surface area contributed by atoms with Gasteiger partial charge < -0.3 is 9.47 Å². The molecule has 5 heteroatoms. The van der Waals surface area contributed by atoms with Crippen molar-refractivity contribution in [2.45, 2.75) is 187 Å². The third-order valence-corrected chi connectivity index (χ3v) is 7.81. The molecule has 0 bridgehead atoms. The highest BCUT2D eigenvalue weighted by Crippen LogP contribution is 2.14. The molecule has 0 unspecified atom stereocenters. The molecule has 4 nitrogen and oxygen atoms in total. The molecule has 0 N–H and O–H groups in total. The molecule has 1 atom stereocenters. The molecule has 0 aliphatic rings. The maximum atomic E-state index is 12.1. The van der Waals surface area contributed by atoms with Crippen LogP contribution in [0.1, 0.15) is 181 Å². The predicted molar refractivity (Wildman–Crippen MR) is 166 cm³/mol. The summed E-state index contributed by atoms with van der Waals surface area (Å²) in [7, 11) is 0. The zero-order valence-corrected chi connectivity index (χ0v) is 26.4. The van der Waals surface area contributed by atoms with Crippen LogP contribution in [0.25, 0.3) is 0 Å². The maximum Gasteiger partial charge on any atom is 0.306 e. The van der Waals surface area contributed by atoms with Crippen LogP contribution in [0.4, 0.5) is 0 Å². The molecule has 0 radical (unpaired) electrons. The van der Waals surface area contributed by atoms with Gasteiger partial charge in [-0.25, -0.2) is 0 Å². The smallest absolute Gasteiger partial charge is 0.306 e. The van der Waals surface area contributed by atoms with Crippen molar-refractivity contribution in [2.24, 2.45) is 0 Å². The molecule has 226 valence electrons. The first-order valence-corrected chi connectivity index (χ1v) is 17.2. The largest absolute Gasteiger partial charge is 0.462 e. The second-order valence-electron chi connectivity index (χ2n) is 11.3. The molecule has 38 heavy (non-hydrogen) atoms. The van der Waals surface area contributed by atoms with Gasteiger partial charge in [-0.05, 0) is 12.8 Å². The van der Waals surface area contributed by atoms with Crippen LogP contribution in [-0.2, 0) is 19.1 Å². The van der Waals surface area contributed by atoms with Gasteiger partial charge in [0.1, 0.15) is 12.7 Å². The Labute approximate surface area is 242 Å². The Kier molecular flexibility index (Phi) is 30.3. The van der Waals surface area contributed by atoms with Gasteiger partial charge in [0.25, 0.3) is 0 Å². The summed E-state index contributed by atoms with van der Waals surface area (Å²) in [6.07, 6.45) is 31.1. The van der Waals surface area contributed by atoms with Gasteiger partial charge in [-0.3, -0.25) is 9.59 Å². The Hall–Kier alpha value is -0.710. The summed E-state index contributed by atoms with van der Waals surface area (Å²) in [5.41, 5.74) is 0. The zero-order valence-electron chi connectivity index (χ0n) is 25.5. The van der Waals surface area contributed by atoms with Crippen molar-refractivity contribution in [3.63, 3.8) is 0 Å². The lowest BCUT2D eigenvalue weighted by Crippen LogP contribution is -2.26. The monoisotopic (exact) mass is 556 g/mol. The summed E-state index contributed by atoms with van der Waals surface area (Å²) in [5.74, 6) is -0.0254. The lowest BCUT2D eigenvalue weighted by Gasteiger charge is -2.16. The van der Waals surface area contributed by atoms with Crippen LogP contribution in [0.2, 0.25) is 0 Å². The zero-order chi connectivity index (χ0) is 27.9. The van der Waals surface area contributed by atoms with E-state index in [1.165, 1.54) is 128 Å². The van der Waals surface area contributed by atoms with Crippen LogP contribution in [-0.4, -0.2) is 30.4 Å². The van der Waals surface area contributed by atoms with Crippen LogP contribution < -0.4 is 0 Å². The third kappa shape index (κ3) is 28.3. The fourth-order valence-electron chi connectivity index (χ4n) is 4.85. The molecule has 0 aliphatic heterocycles. The number of carbonyl (C=O) groups is 2. The maximum absolute atomic E-state index is 12.1. The fraction of sp³-hybridized carbons (Fsp3) is 0.939. The molecule has 0 saturated heterocycles. The molecule has 0 fully saturated rings. The number of unbranched alkanes of at least 4 members (excludes halogenated alkanes) is 22. The van der Waals surface area contributed by atoms with Gasteiger partial charge in [0, 0.05) is 18.6 Å². The molecular formula is C33H64O4S. The summed E-state index contributed by atoms with van der Waals surface area (Å²) < 4.78 is 10.8. The number of carbonyl (C=O) groups excluding carboxylic acids is 2. The molecule has 0 spiro atoms. The Bertz CT molecular complexity index is 511. The summed E-state index contributed by atoms with van der Waals surface area (Å²) in [6.45, 7) is 4.63. The van der Waals surface area contributed by atoms with Crippen molar-refractivity contribution in [2.75, 3.05) is 12.4 Å². The summed E-state index contributed by atoms with van der Waals surface area (Å²) in [5, 5.41) is 0. The van der Waals surface area contributed by atoms with E-state index in [0.29, 0.717) is 18.6 Å². The quantitative estimate of drug-likeness (QED) is 0.0543. The second-order valence-corrected chi connectivity index (χ2v) is 11.6. The topological polar surface area (TPSA) is 52.6 Å². The van der Waals surface area contributed by atoms with E-state index >= 15 is 0 Å². The molecule has 0 rings (SSSR count). The molecule has 0 heterocycles. The van der Waals surface area contributed by atoms with Crippen LogP contribution in [0.5, 0.6) is 0 Å². The third-order valence-electron chi connectivity index (χ3n) is 7.40. The van der Waals surface area contributed by atoms with Gasteiger partial charge in [0.15, 0.2) is 0 Å². The molecular weight excluding hydrogens is 492 g/mol. The van der Waals surface area contributed by atoms with Crippen molar-refractivity contribution < 1.29 is 19.1 Å². The minimum atomic E-state index is -0.450. The van der Waals surface area contributed by atoms with E-state index in [2.05, 4.69) is 26.5 Å². The lowest BCUT2D eigenvalue weighted by molar-refractivity contribution is -0.157. The number of rotatable bonds is 30. The van der Waals surface area contributed by atoms with Crippen LogP contribution in [0.15, 0.2) is 0 Å². The number of hydrogen-bond donors (Lipinski definition) is 1. The standard InChI is InChI=1S/C33H64O4S/c1-3-5-7-9-11-13-14-15-16-17-18-20-22-24-26-28-33(35)37-31(30-38)29-36-32(34)27-25-23-21-19-12-10-8-6-4-2/h31,38H,3-30H2,1-2H3/t31-/m1/s1. The van der Waals surface area contributed by atoms with Gasteiger partial charge in [0.05, 0.1) is 0 Å². The number of esters is 2. The highest BCUT2D eigenvalue weighted by molar-refractivity contribution is 7.80. The first-order valence-electron chi connectivity index (χ1n) is 16.6. The highest BCUT2D eigenvalue weighted by Gasteiger charge is 2.15. The van der Waals surface area contributed by atoms with Crippen LogP contribution in [0, 0.1) is 0 Å². The molecule has 0 aromatic heterocycles. The van der Waals surface area contributed by atoms with Gasteiger partial charge in [0.2, 0.25) is 0 Å². The molecule has 0 amide bonds. The summed E-state index contributed by atoms with van der Waals surface area (Å²) in [6, 6.07) is 0. The fourth-order valence-corrected chi connectivity index (χ4v) is 5.03. The average Bonchev–Trinajstić information content (AvgIpc) is 2.92. The van der Waals surface area contributed by atoms with Crippen molar-refractivity contribution in [3.8, 4) is 0 Å². The average molecular weight is 557 g/mol. The van der Waals surface area contributed by atoms with E-state index in [9.17, 15) is 9.59 Å². The first kappa shape index (κ1) is 37.3. The lowest BCUT2D eigenvalue weighted by atomic mass is 10.0. The Morgan fingerprint density at radius 1 is 0.500 bits per heavy atom. The van der Waals surface area contributed by atoms with Crippen molar-refractivity contribution in [1.29, 1.82) is 0 Å². The highest BCUT2D eigenvalue weighted by atomic mass is 32.1. The second kappa shape index (κ2) is 30.8. The number of thiol groups is 1. The van der Waals surface area contributed by atoms with E-state index in [0.717, 1.165) is 25.7 Å². The van der Waals surface area contributed by atoms with E-state index in [4.69, 9.17) is 9.47 Å². The molecule has 0 aromatic carbocycles. The molecule has 0 aromatic rings. The Balaban J connectivity index is 3.53. The van der Waals surface area contributed by atoms with E-state index in [1.807, 2.05) is 0 Å². The normalized spacial score (nSPS) is 12.0. The van der Waals surface area contributed by atoms with Gasteiger partial charge in [-0.1, -0.05) is 155 Å². The van der Waals surface area contributed by atoms with Crippen molar-refractivity contribution in [1.82, 2.24) is 0 Å². The molecule has 0 aliphatic carbocycles. The minimum Gasteiger partial charge on any atom is -0.462 e. The minimum absolute atomic E-state index is 0.115.